The van der Waals surface area contributed by atoms with E-state index in [9.17, 15) is 61.0 Å². The average molecular weight is 1510 g/mol. The monoisotopic (exact) mass is 1510 g/mol. The molecule has 3 fully saturated rings. The van der Waals surface area contributed by atoms with Crippen LogP contribution < -0.4 is 5.32 Å². The van der Waals surface area contributed by atoms with E-state index in [0.29, 0.717) is 6.42 Å². The van der Waals surface area contributed by atoms with Crippen LogP contribution in [0.2, 0.25) is 0 Å². The lowest BCUT2D eigenvalue weighted by Crippen LogP contribution is -2.66. The zero-order valence-corrected chi connectivity index (χ0v) is 67.2. The highest BCUT2D eigenvalue weighted by Gasteiger charge is 2.54. The molecule has 17 atom stereocenters. The molecule has 3 aliphatic heterocycles. The van der Waals surface area contributed by atoms with Crippen molar-refractivity contribution in [2.24, 2.45) is 0 Å². The van der Waals surface area contributed by atoms with Crippen LogP contribution in [0.3, 0.4) is 0 Å². The normalized spacial score (nSPS) is 25.8. The Hall–Kier alpha value is -1.99. The zero-order chi connectivity index (χ0) is 76.7. The predicted molar refractivity (Wildman–Crippen MR) is 425 cm³/mol. The second-order valence-electron chi connectivity index (χ2n) is 31.7. The highest BCUT2D eigenvalue weighted by Crippen LogP contribution is 2.34. The van der Waals surface area contributed by atoms with Gasteiger partial charge in [0, 0.05) is 6.42 Å². The molecule has 3 heterocycles. The summed E-state index contributed by atoms with van der Waals surface area (Å²) in [6.07, 6.45) is 58.7. The van der Waals surface area contributed by atoms with Crippen LogP contribution >= 0.6 is 0 Å². The number of hydrogen-bond donors (Lipinski definition) is 12. The van der Waals surface area contributed by atoms with Crippen molar-refractivity contribution in [3.05, 3.63) is 36.5 Å². The SMILES string of the molecule is CCCCCCC/C=C\C/C=C\CCCCCCCCCCCCCCCCCCCCCCCCCCCCCC(=O)NC(COC1OC(CO)C(OC2OC(CO)C(OC3OC(CO)C(O)C(O)C3O)C(O)C2O)C(O)C1O)C(O)/C=C/CCCCCCCCCCCCCCCCCCCCCC. The van der Waals surface area contributed by atoms with Gasteiger partial charge in [0.25, 0.3) is 0 Å². The van der Waals surface area contributed by atoms with Gasteiger partial charge in [0.2, 0.25) is 5.91 Å². The maximum absolute atomic E-state index is 13.5. The van der Waals surface area contributed by atoms with Crippen molar-refractivity contribution in [1.29, 1.82) is 0 Å². The Morgan fingerprint density at radius 1 is 0.340 bits per heavy atom. The summed E-state index contributed by atoms with van der Waals surface area (Å²) in [6, 6.07) is -0.972. The molecule has 0 aromatic rings. The van der Waals surface area contributed by atoms with E-state index >= 15 is 0 Å². The van der Waals surface area contributed by atoms with Gasteiger partial charge < -0.3 is 89.9 Å². The number of rotatable bonds is 72. The molecular formula is C87H163NO18. The second kappa shape index (κ2) is 67.5. The topological polar surface area (TPSA) is 307 Å². The third kappa shape index (κ3) is 46.3. The molecule has 0 spiro atoms. The van der Waals surface area contributed by atoms with Gasteiger partial charge in [-0.3, -0.25) is 4.79 Å². The molecule has 3 rings (SSSR count). The minimum absolute atomic E-state index is 0.248. The van der Waals surface area contributed by atoms with Gasteiger partial charge in [0.15, 0.2) is 18.9 Å². The Labute approximate surface area is 644 Å². The maximum atomic E-state index is 13.5. The van der Waals surface area contributed by atoms with Gasteiger partial charge in [-0.1, -0.05) is 359 Å². The third-order valence-corrected chi connectivity index (χ3v) is 22.2. The lowest BCUT2D eigenvalue weighted by molar-refractivity contribution is -0.379. The van der Waals surface area contributed by atoms with Gasteiger partial charge in [0.05, 0.1) is 38.6 Å². The van der Waals surface area contributed by atoms with E-state index in [1.54, 1.807) is 6.08 Å². The fourth-order valence-electron chi connectivity index (χ4n) is 15.1. The minimum atomic E-state index is -1.98. The molecule has 0 aliphatic carbocycles. The van der Waals surface area contributed by atoms with Gasteiger partial charge in [-0.2, -0.15) is 0 Å². The van der Waals surface area contributed by atoms with Crippen molar-refractivity contribution in [2.75, 3.05) is 26.4 Å². The van der Waals surface area contributed by atoms with E-state index in [2.05, 4.69) is 43.5 Å². The van der Waals surface area contributed by atoms with Gasteiger partial charge >= 0.3 is 0 Å². The molecule has 0 radical (unpaired) electrons. The molecule has 17 unspecified atom stereocenters. The van der Waals surface area contributed by atoms with Crippen molar-refractivity contribution in [1.82, 2.24) is 5.32 Å². The Balaban J connectivity index is 1.30. The number of unbranched alkanes of at least 4 members (excludes halogenated alkanes) is 52. The average Bonchev–Trinajstić information content (AvgIpc) is 0.780. The van der Waals surface area contributed by atoms with E-state index in [0.717, 1.165) is 51.4 Å². The third-order valence-electron chi connectivity index (χ3n) is 22.2. The number of amides is 1. The predicted octanol–water partition coefficient (Wildman–Crippen LogP) is 16.2. The Morgan fingerprint density at radius 3 is 0.962 bits per heavy atom. The number of aliphatic hydroxyl groups is 11. The molecule has 12 N–H and O–H groups in total. The minimum Gasteiger partial charge on any atom is -0.394 e. The summed E-state index contributed by atoms with van der Waals surface area (Å²) in [5.74, 6) is -0.267. The van der Waals surface area contributed by atoms with Crippen LogP contribution in [0.1, 0.15) is 380 Å². The van der Waals surface area contributed by atoms with Crippen molar-refractivity contribution >= 4 is 5.91 Å². The summed E-state index contributed by atoms with van der Waals surface area (Å²) in [7, 11) is 0. The highest BCUT2D eigenvalue weighted by molar-refractivity contribution is 5.76. The quantitative estimate of drug-likeness (QED) is 0.0199. The Bertz CT molecular complexity index is 2050. The number of allylic oxidation sites excluding steroid dienone is 5. The molecule has 0 saturated carbocycles. The van der Waals surface area contributed by atoms with Crippen LogP contribution in [-0.2, 0) is 33.2 Å². The summed E-state index contributed by atoms with van der Waals surface area (Å²) in [6.45, 7) is 1.79. The number of aliphatic hydroxyl groups excluding tert-OH is 11. The summed E-state index contributed by atoms with van der Waals surface area (Å²) < 4.78 is 34.5. The maximum Gasteiger partial charge on any atom is 0.220 e. The van der Waals surface area contributed by atoms with Crippen molar-refractivity contribution in [3.8, 4) is 0 Å². The van der Waals surface area contributed by atoms with Crippen LogP contribution in [0.5, 0.6) is 0 Å². The molecule has 106 heavy (non-hydrogen) atoms. The highest BCUT2D eigenvalue weighted by atomic mass is 16.8. The molecule has 3 saturated heterocycles. The van der Waals surface area contributed by atoms with Crippen LogP contribution in [-0.4, -0.2) is 193 Å². The first-order chi connectivity index (χ1) is 51.8. The van der Waals surface area contributed by atoms with Gasteiger partial charge in [0.1, 0.15) is 73.2 Å². The van der Waals surface area contributed by atoms with Gasteiger partial charge in [-0.15, -0.1) is 0 Å². The fraction of sp³-hybridized carbons (Fsp3) is 0.920. The van der Waals surface area contributed by atoms with Gasteiger partial charge in [-0.05, 0) is 51.4 Å². The largest absolute Gasteiger partial charge is 0.394 e. The lowest BCUT2D eigenvalue weighted by Gasteiger charge is -2.48. The molecule has 0 bridgehead atoms. The van der Waals surface area contributed by atoms with E-state index in [1.165, 1.54) is 302 Å². The molecule has 19 heteroatoms. The summed E-state index contributed by atoms with van der Waals surface area (Å²) in [4.78, 5) is 13.5. The first kappa shape index (κ1) is 98.2. The first-order valence-electron chi connectivity index (χ1n) is 44.2. The molecule has 624 valence electrons. The summed E-state index contributed by atoms with van der Waals surface area (Å²) in [5, 5.41) is 121. The molecular weight excluding hydrogens is 1350 g/mol. The van der Waals surface area contributed by atoms with Crippen molar-refractivity contribution in [3.63, 3.8) is 0 Å². The lowest BCUT2D eigenvalue weighted by atomic mass is 9.96. The number of nitrogens with one attached hydrogen (secondary N) is 1. The van der Waals surface area contributed by atoms with E-state index < -0.39 is 124 Å². The van der Waals surface area contributed by atoms with Crippen LogP contribution in [0.15, 0.2) is 36.5 Å². The molecule has 19 nitrogen and oxygen atoms in total. The van der Waals surface area contributed by atoms with Crippen LogP contribution in [0.4, 0.5) is 0 Å². The number of carbonyl (C=O) groups excluding carboxylic acids is 1. The van der Waals surface area contributed by atoms with Crippen LogP contribution in [0.25, 0.3) is 0 Å². The van der Waals surface area contributed by atoms with E-state index in [4.69, 9.17) is 28.4 Å². The van der Waals surface area contributed by atoms with Crippen LogP contribution in [0, 0.1) is 0 Å². The molecule has 0 aromatic heterocycles. The fourth-order valence-corrected chi connectivity index (χ4v) is 15.1. The first-order valence-corrected chi connectivity index (χ1v) is 44.2. The van der Waals surface area contributed by atoms with Gasteiger partial charge in [-0.25, -0.2) is 0 Å². The standard InChI is InChI=1S/C87H163NO18/c1-3-5-7-9-11-13-15-17-19-21-23-25-27-28-29-30-31-32-33-34-35-36-37-38-39-40-41-42-43-45-47-49-51-53-55-57-59-61-63-65-75(93)88-70(71(92)64-62-60-58-56-54-52-50-48-46-44-26-24-22-20-18-16-14-12-10-8-6-4-2)69-101-85-81(99)78(96)83(73(67-90)103-85)106-87-82(100)79(97)84(74(68-91)104-87)105-86-80(98)77(95)76(94)72(66-89)102-86/h15,17,21,23,62,64,70-74,76-87,89-92,94-100H,3-14,16,18-20,22,24-61,63,65-69H2,1-2H3,(H,88,93)/b17-15-,23-21-,64-62+. The number of hydrogen-bond acceptors (Lipinski definition) is 18. The number of carbonyl (C=O) groups is 1. The van der Waals surface area contributed by atoms with E-state index in [-0.39, 0.29) is 18.9 Å². The zero-order valence-electron chi connectivity index (χ0n) is 67.2. The molecule has 0 aromatic carbocycles. The van der Waals surface area contributed by atoms with Crippen molar-refractivity contribution < 1.29 is 89.4 Å². The molecule has 3 aliphatic rings. The summed E-state index contributed by atoms with van der Waals surface area (Å²) in [5.41, 5.74) is 0. The summed E-state index contributed by atoms with van der Waals surface area (Å²) >= 11 is 0. The van der Waals surface area contributed by atoms with E-state index in [1.807, 2.05) is 6.08 Å². The second-order valence-corrected chi connectivity index (χ2v) is 31.7. The smallest absolute Gasteiger partial charge is 0.220 e. The Morgan fingerprint density at radius 2 is 0.623 bits per heavy atom. The van der Waals surface area contributed by atoms with Crippen molar-refractivity contribution in [2.45, 2.75) is 484 Å². The molecule has 1 amide bonds. The Kier molecular flexibility index (Phi) is 62.5. The number of ether oxygens (including phenoxy) is 6.